The Bertz CT molecular complexity index is 440. The average Bonchev–Trinajstić information content (AvgIpc) is 2.14. The summed E-state index contributed by atoms with van der Waals surface area (Å²) in [4.78, 5) is 11.0. The fraction of sp³-hybridized carbons (Fsp3) is 0.222. The zero-order valence-electron chi connectivity index (χ0n) is 7.83. The van der Waals surface area contributed by atoms with Crippen molar-refractivity contribution >= 4 is 16.0 Å². The van der Waals surface area contributed by atoms with Crippen molar-refractivity contribution in [3.63, 3.8) is 0 Å². The second-order valence-corrected chi connectivity index (χ2v) is 4.61. The second-order valence-electron chi connectivity index (χ2n) is 3.11. The standard InChI is InChI=1S/C9H11NO4S/c10-9(11)8(6-15(12,13)14)7-4-2-1-3-5-7/h1-5,8H,6H2,(H2,10,11)(H,12,13,14). The Kier molecular flexibility index (Phi) is 3.43. The first-order valence-electron chi connectivity index (χ1n) is 4.19. The van der Waals surface area contributed by atoms with E-state index in [1.165, 1.54) is 0 Å². The van der Waals surface area contributed by atoms with Gasteiger partial charge in [0.15, 0.2) is 0 Å². The first-order valence-corrected chi connectivity index (χ1v) is 5.80. The van der Waals surface area contributed by atoms with Crippen molar-refractivity contribution in [2.75, 3.05) is 5.75 Å². The van der Waals surface area contributed by atoms with Crippen LogP contribution in [0.1, 0.15) is 11.5 Å². The lowest BCUT2D eigenvalue weighted by Gasteiger charge is -2.11. The first kappa shape index (κ1) is 11.7. The van der Waals surface area contributed by atoms with E-state index >= 15 is 0 Å². The third-order valence-corrected chi connectivity index (χ3v) is 2.68. The highest BCUT2D eigenvalue weighted by Gasteiger charge is 2.23. The molecular formula is C9H11NO4S. The molecule has 1 unspecified atom stereocenters. The minimum atomic E-state index is -4.22. The van der Waals surface area contributed by atoms with Crippen LogP contribution in [-0.2, 0) is 14.9 Å². The normalized spacial score (nSPS) is 13.4. The van der Waals surface area contributed by atoms with Crippen LogP contribution in [-0.4, -0.2) is 24.6 Å². The molecule has 0 bridgehead atoms. The molecule has 0 aromatic heterocycles. The van der Waals surface area contributed by atoms with Gasteiger partial charge in [-0.15, -0.1) is 0 Å². The van der Waals surface area contributed by atoms with Gasteiger partial charge in [0.2, 0.25) is 5.91 Å². The number of hydrogen-bond donors (Lipinski definition) is 2. The molecule has 6 heteroatoms. The summed E-state index contributed by atoms with van der Waals surface area (Å²) in [5.74, 6) is -2.48. The Morgan fingerprint density at radius 2 is 1.87 bits per heavy atom. The van der Waals surface area contributed by atoms with Crippen LogP contribution >= 0.6 is 0 Å². The number of benzene rings is 1. The van der Waals surface area contributed by atoms with Gasteiger partial charge in [-0.05, 0) is 5.56 Å². The molecule has 15 heavy (non-hydrogen) atoms. The summed E-state index contributed by atoms with van der Waals surface area (Å²) in [5, 5.41) is 0. The van der Waals surface area contributed by atoms with E-state index in [2.05, 4.69) is 0 Å². The van der Waals surface area contributed by atoms with Crippen molar-refractivity contribution in [2.45, 2.75) is 5.92 Å². The Morgan fingerprint density at radius 3 is 2.27 bits per heavy atom. The van der Waals surface area contributed by atoms with Crippen LogP contribution in [0.5, 0.6) is 0 Å². The smallest absolute Gasteiger partial charge is 0.265 e. The fourth-order valence-electron chi connectivity index (χ4n) is 1.24. The van der Waals surface area contributed by atoms with E-state index in [1.54, 1.807) is 30.3 Å². The number of nitrogens with two attached hydrogens (primary N) is 1. The number of primary amides is 1. The molecule has 0 fully saturated rings. The third kappa shape index (κ3) is 3.69. The summed E-state index contributed by atoms with van der Waals surface area (Å²) < 4.78 is 30.0. The van der Waals surface area contributed by atoms with Crippen molar-refractivity contribution in [3.8, 4) is 0 Å². The minimum Gasteiger partial charge on any atom is -0.369 e. The Labute approximate surface area is 87.7 Å². The zero-order valence-corrected chi connectivity index (χ0v) is 8.65. The molecule has 0 spiro atoms. The summed E-state index contributed by atoms with van der Waals surface area (Å²) >= 11 is 0. The lowest BCUT2D eigenvalue weighted by molar-refractivity contribution is -0.119. The SMILES string of the molecule is NC(=O)C(CS(=O)(=O)O)c1ccccc1. The topological polar surface area (TPSA) is 97.5 Å². The predicted octanol–water partition coefficient (Wildman–Crippen LogP) is 0.143. The van der Waals surface area contributed by atoms with Crippen molar-refractivity contribution in [1.82, 2.24) is 0 Å². The molecule has 0 aliphatic heterocycles. The maximum Gasteiger partial charge on any atom is 0.265 e. The van der Waals surface area contributed by atoms with Gasteiger partial charge >= 0.3 is 0 Å². The molecule has 0 aliphatic rings. The van der Waals surface area contributed by atoms with Crippen LogP contribution in [0.3, 0.4) is 0 Å². The summed E-state index contributed by atoms with van der Waals surface area (Å²) in [6.45, 7) is 0. The maximum absolute atomic E-state index is 11.0. The van der Waals surface area contributed by atoms with Crippen LogP contribution in [0.4, 0.5) is 0 Å². The van der Waals surface area contributed by atoms with Gasteiger partial charge in [-0.25, -0.2) is 0 Å². The fourth-order valence-corrected chi connectivity index (χ4v) is 2.02. The molecule has 1 aromatic rings. The molecule has 1 rings (SSSR count). The lowest BCUT2D eigenvalue weighted by atomic mass is 10.0. The highest BCUT2D eigenvalue weighted by Crippen LogP contribution is 2.16. The summed E-state index contributed by atoms with van der Waals surface area (Å²) in [6.07, 6.45) is 0. The zero-order chi connectivity index (χ0) is 11.5. The summed E-state index contributed by atoms with van der Waals surface area (Å²) in [7, 11) is -4.22. The molecule has 0 saturated carbocycles. The van der Waals surface area contributed by atoms with Crippen molar-refractivity contribution in [2.24, 2.45) is 5.73 Å². The largest absolute Gasteiger partial charge is 0.369 e. The van der Waals surface area contributed by atoms with Gasteiger partial charge in [0.1, 0.15) is 0 Å². The van der Waals surface area contributed by atoms with Gasteiger partial charge in [0.05, 0.1) is 11.7 Å². The molecule has 0 aliphatic carbocycles. The van der Waals surface area contributed by atoms with E-state index in [0.717, 1.165) is 0 Å². The van der Waals surface area contributed by atoms with Crippen LogP contribution in [0, 0.1) is 0 Å². The van der Waals surface area contributed by atoms with E-state index < -0.39 is 27.7 Å². The van der Waals surface area contributed by atoms with E-state index in [-0.39, 0.29) is 0 Å². The van der Waals surface area contributed by atoms with Crippen LogP contribution in [0.25, 0.3) is 0 Å². The molecule has 82 valence electrons. The van der Waals surface area contributed by atoms with Crippen molar-refractivity contribution in [1.29, 1.82) is 0 Å². The molecule has 1 amide bonds. The number of carbonyl (C=O) groups excluding carboxylic acids is 1. The van der Waals surface area contributed by atoms with Crippen molar-refractivity contribution in [3.05, 3.63) is 35.9 Å². The van der Waals surface area contributed by atoms with E-state index in [0.29, 0.717) is 5.56 Å². The van der Waals surface area contributed by atoms with Gasteiger partial charge in [-0.2, -0.15) is 8.42 Å². The van der Waals surface area contributed by atoms with Gasteiger partial charge in [-0.1, -0.05) is 30.3 Å². The van der Waals surface area contributed by atoms with E-state index in [4.69, 9.17) is 10.3 Å². The van der Waals surface area contributed by atoms with Crippen molar-refractivity contribution < 1.29 is 17.8 Å². The van der Waals surface area contributed by atoms with Crippen LogP contribution in [0.15, 0.2) is 30.3 Å². The van der Waals surface area contributed by atoms with E-state index in [1.807, 2.05) is 0 Å². The highest BCUT2D eigenvalue weighted by atomic mass is 32.2. The Morgan fingerprint density at radius 1 is 1.33 bits per heavy atom. The van der Waals surface area contributed by atoms with E-state index in [9.17, 15) is 13.2 Å². The number of amides is 1. The summed E-state index contributed by atoms with van der Waals surface area (Å²) in [5.41, 5.74) is 5.54. The molecule has 3 N–H and O–H groups in total. The molecule has 5 nitrogen and oxygen atoms in total. The Balaban J connectivity index is 3.00. The lowest BCUT2D eigenvalue weighted by Crippen LogP contribution is -2.27. The molecule has 1 aromatic carbocycles. The highest BCUT2D eigenvalue weighted by molar-refractivity contribution is 7.85. The maximum atomic E-state index is 11.0. The predicted molar refractivity (Wildman–Crippen MR) is 54.8 cm³/mol. The molecule has 1 atom stereocenters. The number of hydrogen-bond acceptors (Lipinski definition) is 3. The van der Waals surface area contributed by atoms with Gasteiger partial charge in [0.25, 0.3) is 10.1 Å². The molecule has 0 saturated heterocycles. The second kappa shape index (κ2) is 4.41. The Hall–Kier alpha value is -1.40. The van der Waals surface area contributed by atoms with Crippen LogP contribution in [0.2, 0.25) is 0 Å². The quantitative estimate of drug-likeness (QED) is 0.718. The first-order chi connectivity index (χ1) is 6.90. The van der Waals surface area contributed by atoms with Gasteiger partial charge in [0, 0.05) is 0 Å². The third-order valence-electron chi connectivity index (χ3n) is 1.92. The minimum absolute atomic E-state index is 0.475. The van der Waals surface area contributed by atoms with Gasteiger partial charge in [-0.3, -0.25) is 9.35 Å². The summed E-state index contributed by atoms with van der Waals surface area (Å²) in [6, 6.07) is 8.22. The molecule has 0 radical (unpaired) electrons. The molecular weight excluding hydrogens is 218 g/mol. The molecule has 0 heterocycles. The van der Waals surface area contributed by atoms with Gasteiger partial charge < -0.3 is 5.73 Å². The van der Waals surface area contributed by atoms with Crippen LogP contribution < -0.4 is 5.73 Å². The number of carbonyl (C=O) groups is 1. The monoisotopic (exact) mass is 229 g/mol. The number of rotatable bonds is 4. The average molecular weight is 229 g/mol.